The van der Waals surface area contributed by atoms with Crippen LogP contribution in [0.3, 0.4) is 0 Å². The molecule has 2 nitrogen and oxygen atoms in total. The van der Waals surface area contributed by atoms with Gasteiger partial charge in [0.1, 0.15) is 0 Å². The Bertz CT molecular complexity index is 302. The van der Waals surface area contributed by atoms with Gasteiger partial charge in [-0.2, -0.15) is 0 Å². The largest absolute Gasteiger partial charge is 0.505 e. The highest BCUT2D eigenvalue weighted by atomic mass is 35.5. The van der Waals surface area contributed by atoms with Gasteiger partial charge in [0.05, 0.1) is 5.02 Å². The van der Waals surface area contributed by atoms with Crippen molar-refractivity contribution in [3.63, 3.8) is 0 Å². The number of aryl methyl sites for hydroxylation is 1. The Morgan fingerprint density at radius 3 is 2.77 bits per heavy atom. The second-order valence-corrected chi connectivity index (χ2v) is 3.22. The lowest BCUT2D eigenvalue weighted by molar-refractivity contribution is 0.424. The molecule has 0 aliphatic rings. The summed E-state index contributed by atoms with van der Waals surface area (Å²) in [6, 6.07) is 1.22. The molecule has 0 aliphatic heterocycles. The van der Waals surface area contributed by atoms with Gasteiger partial charge < -0.3 is 10.4 Å². The Morgan fingerprint density at radius 1 is 1.62 bits per heavy atom. The van der Waals surface area contributed by atoms with Crippen molar-refractivity contribution in [3.8, 4) is 5.75 Å². The average molecular weight is 204 g/mol. The maximum Gasteiger partial charge on any atom is 0.165 e. The van der Waals surface area contributed by atoms with Gasteiger partial charge in [0.25, 0.3) is 0 Å². The van der Waals surface area contributed by atoms with E-state index in [0.717, 1.165) is 0 Å². The zero-order chi connectivity index (χ0) is 10.0. The predicted molar refractivity (Wildman–Crippen MR) is 50.6 cm³/mol. The predicted octanol–water partition coefficient (Wildman–Crippen LogP) is 2.21. The number of phenolic OH excluding ortho intramolecular Hbond substituents is 1. The molecule has 0 saturated heterocycles. The van der Waals surface area contributed by atoms with Crippen LogP contribution in [0.5, 0.6) is 5.75 Å². The highest BCUT2D eigenvalue weighted by Gasteiger charge is 2.13. The SMILES string of the molecule is CNCc1c(O)c(F)cc(C)c1Cl. The van der Waals surface area contributed by atoms with Gasteiger partial charge in [-0.15, -0.1) is 0 Å². The van der Waals surface area contributed by atoms with Gasteiger partial charge in [0.2, 0.25) is 0 Å². The van der Waals surface area contributed by atoms with Crippen molar-refractivity contribution >= 4 is 11.6 Å². The number of phenols is 1. The van der Waals surface area contributed by atoms with Crippen molar-refractivity contribution in [2.45, 2.75) is 13.5 Å². The Labute approximate surface area is 81.3 Å². The number of halogens is 2. The molecule has 1 aromatic rings. The first-order chi connectivity index (χ1) is 6.07. The minimum absolute atomic E-state index is 0.350. The molecule has 0 unspecified atom stereocenters. The molecule has 0 amide bonds. The van der Waals surface area contributed by atoms with Crippen LogP contribution < -0.4 is 5.32 Å². The summed E-state index contributed by atoms with van der Waals surface area (Å²) < 4.78 is 13.0. The fourth-order valence-electron chi connectivity index (χ4n) is 1.15. The van der Waals surface area contributed by atoms with Crippen molar-refractivity contribution in [3.05, 3.63) is 28.0 Å². The standard InChI is InChI=1S/C9H11ClFNO/c1-5-3-7(11)9(13)6(4-12-2)8(5)10/h3,12-13H,4H2,1-2H3. The number of benzene rings is 1. The van der Waals surface area contributed by atoms with E-state index in [4.69, 9.17) is 11.6 Å². The second-order valence-electron chi connectivity index (χ2n) is 2.85. The van der Waals surface area contributed by atoms with Crippen molar-refractivity contribution in [1.29, 1.82) is 0 Å². The normalized spacial score (nSPS) is 10.5. The maximum atomic E-state index is 13.0. The van der Waals surface area contributed by atoms with E-state index in [1.54, 1.807) is 14.0 Å². The first kappa shape index (κ1) is 10.3. The topological polar surface area (TPSA) is 32.3 Å². The fourth-order valence-corrected chi connectivity index (χ4v) is 1.36. The van der Waals surface area contributed by atoms with Crippen LogP contribution >= 0.6 is 11.6 Å². The molecule has 0 saturated carbocycles. The minimum Gasteiger partial charge on any atom is -0.505 e. The van der Waals surface area contributed by atoms with Crippen LogP contribution in [0.4, 0.5) is 4.39 Å². The van der Waals surface area contributed by atoms with Crippen LogP contribution in [0.2, 0.25) is 5.02 Å². The van der Waals surface area contributed by atoms with Gasteiger partial charge in [0, 0.05) is 12.1 Å². The summed E-state index contributed by atoms with van der Waals surface area (Å²) in [5.74, 6) is -1.00. The first-order valence-corrected chi connectivity index (χ1v) is 4.26. The Morgan fingerprint density at radius 2 is 2.23 bits per heavy atom. The van der Waals surface area contributed by atoms with E-state index in [-0.39, 0.29) is 5.75 Å². The van der Waals surface area contributed by atoms with E-state index in [1.165, 1.54) is 6.07 Å². The van der Waals surface area contributed by atoms with Crippen LogP contribution in [-0.4, -0.2) is 12.2 Å². The van der Waals surface area contributed by atoms with Gasteiger partial charge in [-0.25, -0.2) is 4.39 Å². The summed E-state index contributed by atoms with van der Waals surface area (Å²) in [7, 11) is 1.70. The third-order valence-corrected chi connectivity index (χ3v) is 2.35. The van der Waals surface area contributed by atoms with Crippen molar-refractivity contribution in [1.82, 2.24) is 5.32 Å². The van der Waals surface area contributed by atoms with Crippen LogP contribution in [0.25, 0.3) is 0 Å². The zero-order valence-electron chi connectivity index (χ0n) is 7.49. The molecule has 4 heteroatoms. The summed E-state index contributed by atoms with van der Waals surface area (Å²) >= 11 is 5.88. The zero-order valence-corrected chi connectivity index (χ0v) is 8.24. The maximum absolute atomic E-state index is 13.0. The first-order valence-electron chi connectivity index (χ1n) is 3.89. The molecule has 0 atom stereocenters. The van der Waals surface area contributed by atoms with Crippen molar-refractivity contribution < 1.29 is 9.50 Å². The molecule has 0 aliphatic carbocycles. The third kappa shape index (κ3) is 1.92. The van der Waals surface area contributed by atoms with E-state index >= 15 is 0 Å². The second kappa shape index (κ2) is 3.94. The van der Waals surface area contributed by atoms with Crippen LogP contribution in [0, 0.1) is 12.7 Å². The molecule has 1 aromatic carbocycles. The van der Waals surface area contributed by atoms with E-state index in [9.17, 15) is 9.50 Å². The fraction of sp³-hybridized carbons (Fsp3) is 0.333. The van der Waals surface area contributed by atoms with Crippen molar-refractivity contribution in [2.75, 3.05) is 7.05 Å². The Hall–Kier alpha value is -0.800. The molecular formula is C9H11ClFNO. The molecule has 1 rings (SSSR count). The molecule has 0 heterocycles. The summed E-state index contributed by atoms with van der Waals surface area (Å²) in [5, 5.41) is 12.6. The molecule has 72 valence electrons. The lowest BCUT2D eigenvalue weighted by Gasteiger charge is -2.09. The molecule has 0 aromatic heterocycles. The lowest BCUT2D eigenvalue weighted by atomic mass is 10.1. The van der Waals surface area contributed by atoms with Crippen LogP contribution in [-0.2, 0) is 6.54 Å². The van der Waals surface area contributed by atoms with Gasteiger partial charge in [-0.3, -0.25) is 0 Å². The van der Waals surface area contributed by atoms with Gasteiger partial charge in [0.15, 0.2) is 11.6 Å². The monoisotopic (exact) mass is 203 g/mol. The smallest absolute Gasteiger partial charge is 0.165 e. The molecule has 0 fully saturated rings. The Balaban J connectivity index is 3.28. The average Bonchev–Trinajstić information content (AvgIpc) is 2.09. The Kier molecular flexibility index (Phi) is 3.12. The molecular weight excluding hydrogens is 193 g/mol. The van der Waals surface area contributed by atoms with E-state index in [2.05, 4.69) is 5.32 Å². The molecule has 2 N–H and O–H groups in total. The molecule has 13 heavy (non-hydrogen) atoms. The number of rotatable bonds is 2. The van der Waals surface area contributed by atoms with E-state index in [1.807, 2.05) is 0 Å². The van der Waals surface area contributed by atoms with Gasteiger partial charge in [-0.1, -0.05) is 11.6 Å². The van der Waals surface area contributed by atoms with E-state index in [0.29, 0.717) is 22.7 Å². The number of hydrogen-bond donors (Lipinski definition) is 2. The summed E-state index contributed by atoms with van der Waals surface area (Å²) in [6.07, 6.45) is 0. The van der Waals surface area contributed by atoms with E-state index < -0.39 is 5.82 Å². The molecule has 0 spiro atoms. The van der Waals surface area contributed by atoms with Gasteiger partial charge >= 0.3 is 0 Å². The number of hydrogen-bond acceptors (Lipinski definition) is 2. The summed E-state index contributed by atoms with van der Waals surface area (Å²) in [6.45, 7) is 2.05. The lowest BCUT2D eigenvalue weighted by Crippen LogP contribution is -2.07. The number of nitrogens with one attached hydrogen (secondary N) is 1. The van der Waals surface area contributed by atoms with Crippen molar-refractivity contribution in [2.24, 2.45) is 0 Å². The summed E-state index contributed by atoms with van der Waals surface area (Å²) in [5.41, 5.74) is 1.03. The third-order valence-electron chi connectivity index (χ3n) is 1.82. The van der Waals surface area contributed by atoms with Gasteiger partial charge in [-0.05, 0) is 25.6 Å². The highest BCUT2D eigenvalue weighted by Crippen LogP contribution is 2.31. The summed E-state index contributed by atoms with van der Waals surface area (Å²) in [4.78, 5) is 0. The highest BCUT2D eigenvalue weighted by molar-refractivity contribution is 6.32. The quantitative estimate of drug-likeness (QED) is 0.773. The number of aromatic hydroxyl groups is 1. The molecule has 0 radical (unpaired) electrons. The molecule has 0 bridgehead atoms. The minimum atomic E-state index is -0.632. The van der Waals surface area contributed by atoms with Crippen LogP contribution in [0.15, 0.2) is 6.07 Å². The van der Waals surface area contributed by atoms with Crippen LogP contribution in [0.1, 0.15) is 11.1 Å².